The highest BCUT2D eigenvalue weighted by atomic mass is 16.3. The largest absolute Gasteiger partial charge is 0.507 e. The molecule has 0 spiro atoms. The molecule has 1 saturated heterocycles. The molecule has 21 heavy (non-hydrogen) atoms. The van der Waals surface area contributed by atoms with Crippen LogP contribution in [0.4, 0.5) is 11.5 Å². The number of anilines is 2. The fourth-order valence-electron chi connectivity index (χ4n) is 2.55. The van der Waals surface area contributed by atoms with Crippen molar-refractivity contribution < 1.29 is 5.11 Å². The van der Waals surface area contributed by atoms with Crippen LogP contribution in [-0.4, -0.2) is 41.5 Å². The number of hydrogen-bond acceptors (Lipinski definition) is 6. The Morgan fingerprint density at radius 2 is 2.00 bits per heavy atom. The molecule has 0 aliphatic carbocycles. The lowest BCUT2D eigenvalue weighted by Crippen LogP contribution is -2.28. The highest BCUT2D eigenvalue weighted by molar-refractivity contribution is 5.73. The molecule has 110 valence electrons. The number of para-hydroxylation sites is 1. The van der Waals surface area contributed by atoms with E-state index in [9.17, 15) is 5.11 Å². The average molecular weight is 285 g/mol. The maximum Gasteiger partial charge on any atom is 0.169 e. The van der Waals surface area contributed by atoms with Gasteiger partial charge in [0.25, 0.3) is 0 Å². The Morgan fingerprint density at radius 3 is 2.86 bits per heavy atom. The van der Waals surface area contributed by atoms with E-state index in [1.165, 1.54) is 0 Å². The molecule has 1 fully saturated rings. The minimum atomic E-state index is 0.194. The molecule has 1 aliphatic rings. The molecule has 0 radical (unpaired) electrons. The quantitative estimate of drug-likeness (QED) is 0.769. The van der Waals surface area contributed by atoms with Crippen LogP contribution >= 0.6 is 0 Å². The molecule has 0 atom stereocenters. The lowest BCUT2D eigenvalue weighted by Gasteiger charge is -2.23. The van der Waals surface area contributed by atoms with Crippen molar-refractivity contribution in [1.29, 1.82) is 0 Å². The van der Waals surface area contributed by atoms with Crippen LogP contribution in [0.5, 0.6) is 5.75 Å². The maximum atomic E-state index is 9.96. The number of nitrogen functional groups attached to an aromatic ring is 1. The summed E-state index contributed by atoms with van der Waals surface area (Å²) in [6.45, 7) is 3.76. The van der Waals surface area contributed by atoms with Gasteiger partial charge in [-0.05, 0) is 31.2 Å². The molecular formula is C15H19N5O. The maximum absolute atomic E-state index is 9.96. The van der Waals surface area contributed by atoms with Gasteiger partial charge in [0.1, 0.15) is 5.75 Å². The van der Waals surface area contributed by atoms with Gasteiger partial charge in [-0.15, -0.1) is 10.2 Å². The van der Waals surface area contributed by atoms with Gasteiger partial charge in [0, 0.05) is 25.2 Å². The average Bonchev–Trinajstić information content (AvgIpc) is 2.78. The monoisotopic (exact) mass is 285 g/mol. The molecule has 3 rings (SSSR count). The Kier molecular flexibility index (Phi) is 3.87. The Balaban J connectivity index is 1.98. The Bertz CT molecular complexity index is 623. The zero-order valence-corrected chi connectivity index (χ0v) is 11.8. The Morgan fingerprint density at radius 1 is 1.14 bits per heavy atom. The normalized spacial score (nSPS) is 15.7. The second-order valence-corrected chi connectivity index (χ2v) is 5.11. The number of phenols is 1. The first-order chi connectivity index (χ1) is 10.3. The fraction of sp³-hybridized carbons (Fsp3) is 0.333. The van der Waals surface area contributed by atoms with E-state index in [1.807, 2.05) is 18.2 Å². The van der Waals surface area contributed by atoms with Gasteiger partial charge >= 0.3 is 0 Å². The van der Waals surface area contributed by atoms with E-state index in [2.05, 4.69) is 20.4 Å². The first-order valence-electron chi connectivity index (χ1n) is 7.13. The smallest absolute Gasteiger partial charge is 0.169 e. The van der Waals surface area contributed by atoms with Crippen molar-refractivity contribution in [2.45, 2.75) is 6.42 Å². The predicted octanol–water partition coefficient (Wildman–Crippen LogP) is 1.23. The van der Waals surface area contributed by atoms with E-state index >= 15 is 0 Å². The van der Waals surface area contributed by atoms with Crippen molar-refractivity contribution in [2.75, 3.05) is 36.8 Å². The van der Waals surface area contributed by atoms with Gasteiger partial charge in [-0.1, -0.05) is 12.1 Å². The Labute approximate surface area is 123 Å². The zero-order valence-electron chi connectivity index (χ0n) is 11.8. The molecule has 0 amide bonds. The minimum absolute atomic E-state index is 0.194. The predicted molar refractivity (Wildman–Crippen MR) is 83.2 cm³/mol. The SMILES string of the molecule is Nc1nnc(-c2ccccc2O)cc1N1CCCNCC1. The second kappa shape index (κ2) is 5.97. The lowest BCUT2D eigenvalue weighted by molar-refractivity contribution is 0.477. The number of hydrogen-bond donors (Lipinski definition) is 3. The number of nitrogens with two attached hydrogens (primary N) is 1. The Hall–Kier alpha value is -2.34. The van der Waals surface area contributed by atoms with Crippen molar-refractivity contribution >= 4 is 11.5 Å². The third kappa shape index (κ3) is 2.90. The number of nitrogens with zero attached hydrogens (tertiary/aromatic N) is 3. The minimum Gasteiger partial charge on any atom is -0.507 e. The van der Waals surface area contributed by atoms with Crippen molar-refractivity contribution in [3.63, 3.8) is 0 Å². The summed E-state index contributed by atoms with van der Waals surface area (Å²) >= 11 is 0. The van der Waals surface area contributed by atoms with E-state index in [1.54, 1.807) is 12.1 Å². The molecule has 6 nitrogen and oxygen atoms in total. The number of phenolic OH excluding ortho intramolecular Hbond substituents is 1. The summed E-state index contributed by atoms with van der Waals surface area (Å²) in [5, 5.41) is 21.5. The van der Waals surface area contributed by atoms with Crippen molar-refractivity contribution in [3.8, 4) is 17.0 Å². The molecule has 0 unspecified atom stereocenters. The van der Waals surface area contributed by atoms with E-state index in [0.29, 0.717) is 17.1 Å². The molecule has 6 heteroatoms. The number of aromatic nitrogens is 2. The summed E-state index contributed by atoms with van der Waals surface area (Å²) < 4.78 is 0. The fourth-order valence-corrected chi connectivity index (χ4v) is 2.55. The summed E-state index contributed by atoms with van der Waals surface area (Å²) in [7, 11) is 0. The highest BCUT2D eigenvalue weighted by Gasteiger charge is 2.16. The summed E-state index contributed by atoms with van der Waals surface area (Å²) in [6, 6.07) is 9.02. The molecule has 2 aromatic rings. The number of nitrogens with one attached hydrogen (secondary N) is 1. The van der Waals surface area contributed by atoms with Gasteiger partial charge in [-0.25, -0.2) is 0 Å². The molecule has 4 N–H and O–H groups in total. The summed E-state index contributed by atoms with van der Waals surface area (Å²) in [5.74, 6) is 0.621. The first kappa shape index (κ1) is 13.6. The molecule has 2 heterocycles. The van der Waals surface area contributed by atoms with Crippen LogP contribution in [0.25, 0.3) is 11.3 Å². The standard InChI is InChI=1S/C15H19N5O/c16-15-13(20-8-3-6-17-7-9-20)10-12(18-19-15)11-4-1-2-5-14(11)21/h1-2,4-5,10,17,21H,3,6-9H2,(H2,16,19). The first-order valence-corrected chi connectivity index (χ1v) is 7.13. The third-order valence-electron chi connectivity index (χ3n) is 3.66. The third-order valence-corrected chi connectivity index (χ3v) is 3.66. The van der Waals surface area contributed by atoms with Crippen LogP contribution in [0, 0.1) is 0 Å². The van der Waals surface area contributed by atoms with Crippen molar-refractivity contribution in [2.24, 2.45) is 0 Å². The molecule has 1 aromatic heterocycles. The van der Waals surface area contributed by atoms with Crippen LogP contribution in [0.2, 0.25) is 0 Å². The van der Waals surface area contributed by atoms with Gasteiger partial charge in [-0.2, -0.15) is 0 Å². The van der Waals surface area contributed by atoms with Crippen molar-refractivity contribution in [1.82, 2.24) is 15.5 Å². The van der Waals surface area contributed by atoms with Gasteiger partial charge in [0.2, 0.25) is 0 Å². The van der Waals surface area contributed by atoms with Crippen LogP contribution in [-0.2, 0) is 0 Å². The van der Waals surface area contributed by atoms with E-state index in [-0.39, 0.29) is 5.75 Å². The van der Waals surface area contributed by atoms with E-state index in [4.69, 9.17) is 5.73 Å². The number of aromatic hydroxyl groups is 1. The second-order valence-electron chi connectivity index (χ2n) is 5.11. The van der Waals surface area contributed by atoms with E-state index in [0.717, 1.165) is 38.3 Å². The van der Waals surface area contributed by atoms with E-state index < -0.39 is 0 Å². The van der Waals surface area contributed by atoms with Crippen LogP contribution in [0.3, 0.4) is 0 Å². The lowest BCUT2D eigenvalue weighted by atomic mass is 10.1. The zero-order chi connectivity index (χ0) is 14.7. The summed E-state index contributed by atoms with van der Waals surface area (Å²) in [6.07, 6.45) is 1.06. The summed E-state index contributed by atoms with van der Waals surface area (Å²) in [5.41, 5.74) is 8.17. The van der Waals surface area contributed by atoms with Gasteiger partial charge in [0.15, 0.2) is 5.82 Å². The van der Waals surface area contributed by atoms with Gasteiger partial charge in [-0.3, -0.25) is 0 Å². The van der Waals surface area contributed by atoms with Crippen LogP contribution < -0.4 is 16.0 Å². The molecule has 1 aromatic carbocycles. The van der Waals surface area contributed by atoms with Crippen molar-refractivity contribution in [3.05, 3.63) is 30.3 Å². The molecule has 0 bridgehead atoms. The van der Waals surface area contributed by atoms with Gasteiger partial charge in [0.05, 0.1) is 11.4 Å². The van der Waals surface area contributed by atoms with Crippen LogP contribution in [0.15, 0.2) is 30.3 Å². The van der Waals surface area contributed by atoms with Crippen LogP contribution in [0.1, 0.15) is 6.42 Å². The molecular weight excluding hydrogens is 266 g/mol. The highest BCUT2D eigenvalue weighted by Crippen LogP contribution is 2.31. The summed E-state index contributed by atoms with van der Waals surface area (Å²) in [4.78, 5) is 2.22. The molecule has 1 aliphatic heterocycles. The molecule has 0 saturated carbocycles. The van der Waals surface area contributed by atoms with Gasteiger partial charge < -0.3 is 21.1 Å². The topological polar surface area (TPSA) is 87.3 Å². The number of rotatable bonds is 2. The number of benzene rings is 1.